The van der Waals surface area contributed by atoms with Crippen LogP contribution in [0.2, 0.25) is 0 Å². The third kappa shape index (κ3) is 6.62. The first-order valence-corrected chi connectivity index (χ1v) is 5.38. The van der Waals surface area contributed by atoms with Gasteiger partial charge in [0, 0.05) is 12.5 Å². The van der Waals surface area contributed by atoms with Crippen LogP contribution >= 0.6 is 0 Å². The molecule has 1 atom stereocenters. The van der Waals surface area contributed by atoms with E-state index in [9.17, 15) is 4.79 Å². The third-order valence-electron chi connectivity index (χ3n) is 2.13. The van der Waals surface area contributed by atoms with Gasteiger partial charge in [0.15, 0.2) is 0 Å². The molecule has 1 radical (unpaired) electrons. The van der Waals surface area contributed by atoms with E-state index < -0.39 is 0 Å². The molecule has 0 aromatic heterocycles. The predicted octanol–water partition coefficient (Wildman–Crippen LogP) is 2.69. The van der Waals surface area contributed by atoms with Crippen molar-refractivity contribution in [1.82, 2.24) is 5.32 Å². The first-order valence-electron chi connectivity index (χ1n) is 5.38. The van der Waals surface area contributed by atoms with Crippen molar-refractivity contribution in [2.45, 2.75) is 58.9 Å². The lowest BCUT2D eigenvalue weighted by Gasteiger charge is -2.15. The van der Waals surface area contributed by atoms with Gasteiger partial charge in [-0.3, -0.25) is 4.79 Å². The van der Waals surface area contributed by atoms with Gasteiger partial charge in [0.1, 0.15) is 0 Å². The highest BCUT2D eigenvalue weighted by atomic mass is 16.1. The maximum atomic E-state index is 11.2. The highest BCUT2D eigenvalue weighted by Gasteiger charge is 2.08. The van der Waals surface area contributed by atoms with E-state index >= 15 is 0 Å². The summed E-state index contributed by atoms with van der Waals surface area (Å²) >= 11 is 0. The van der Waals surface area contributed by atoms with Crippen LogP contribution in [-0.4, -0.2) is 11.9 Å². The molecule has 0 saturated carbocycles. The minimum atomic E-state index is 0.0884. The average molecular weight is 184 g/mol. The van der Waals surface area contributed by atoms with Crippen molar-refractivity contribution in [2.24, 2.45) is 0 Å². The van der Waals surface area contributed by atoms with Gasteiger partial charge in [-0.2, -0.15) is 0 Å². The lowest BCUT2D eigenvalue weighted by molar-refractivity contribution is -0.118. The first kappa shape index (κ1) is 12.5. The molecule has 0 aliphatic heterocycles. The zero-order valence-corrected chi connectivity index (χ0v) is 9.10. The summed E-state index contributed by atoms with van der Waals surface area (Å²) in [7, 11) is 0. The van der Waals surface area contributed by atoms with E-state index in [0.29, 0.717) is 6.04 Å². The maximum Gasteiger partial charge on any atom is 0.224 e. The number of hydrogen-bond acceptors (Lipinski definition) is 1. The van der Waals surface area contributed by atoms with Gasteiger partial charge in [-0.05, 0) is 19.3 Å². The van der Waals surface area contributed by atoms with Gasteiger partial charge in [-0.1, -0.05) is 33.6 Å². The van der Waals surface area contributed by atoms with Crippen LogP contribution in [0.3, 0.4) is 0 Å². The summed E-state index contributed by atoms with van der Waals surface area (Å²) in [6.07, 6.45) is 7.05. The lowest BCUT2D eigenvalue weighted by atomic mass is 10.1. The Morgan fingerprint density at radius 2 is 2.08 bits per heavy atom. The molecule has 0 aromatic carbocycles. The largest absolute Gasteiger partial charge is 0.353 e. The zero-order chi connectivity index (χ0) is 10.1. The van der Waals surface area contributed by atoms with Crippen LogP contribution in [0, 0.1) is 6.42 Å². The smallest absolute Gasteiger partial charge is 0.224 e. The summed E-state index contributed by atoms with van der Waals surface area (Å²) in [6.45, 7) is 6.27. The fourth-order valence-corrected chi connectivity index (χ4v) is 1.27. The van der Waals surface area contributed by atoms with E-state index in [0.717, 1.165) is 19.3 Å². The molecule has 0 aromatic rings. The molecule has 0 rings (SSSR count). The second kappa shape index (κ2) is 8.09. The second-order valence-electron chi connectivity index (χ2n) is 3.37. The number of hydrogen-bond donors (Lipinski definition) is 1. The molecule has 0 bridgehead atoms. The van der Waals surface area contributed by atoms with Crippen molar-refractivity contribution < 1.29 is 4.79 Å². The van der Waals surface area contributed by atoms with Crippen LogP contribution < -0.4 is 5.32 Å². The van der Waals surface area contributed by atoms with E-state index in [1.165, 1.54) is 12.8 Å². The fraction of sp³-hybridized carbons (Fsp3) is 0.818. The van der Waals surface area contributed by atoms with E-state index in [1.807, 2.05) is 6.92 Å². The maximum absolute atomic E-state index is 11.2. The molecule has 0 aliphatic rings. The van der Waals surface area contributed by atoms with Crippen LogP contribution in [0.4, 0.5) is 0 Å². The van der Waals surface area contributed by atoms with Crippen molar-refractivity contribution in [3.63, 3.8) is 0 Å². The number of rotatable bonds is 7. The molecular weight excluding hydrogens is 162 g/mol. The van der Waals surface area contributed by atoms with Crippen LogP contribution in [0.15, 0.2) is 0 Å². The zero-order valence-electron chi connectivity index (χ0n) is 9.10. The van der Waals surface area contributed by atoms with Crippen molar-refractivity contribution in [1.29, 1.82) is 0 Å². The number of carbonyl (C=O) groups is 1. The number of unbranched alkanes of at least 4 members (excludes halogenated alkanes) is 1. The summed E-state index contributed by atoms with van der Waals surface area (Å²) in [4.78, 5) is 11.2. The fourth-order valence-electron chi connectivity index (χ4n) is 1.27. The van der Waals surface area contributed by atoms with Crippen LogP contribution in [-0.2, 0) is 4.79 Å². The highest BCUT2D eigenvalue weighted by Crippen LogP contribution is 2.04. The molecule has 0 saturated heterocycles. The molecule has 1 amide bonds. The van der Waals surface area contributed by atoms with E-state index in [-0.39, 0.29) is 5.91 Å². The van der Waals surface area contributed by atoms with E-state index in [1.54, 1.807) is 6.42 Å². The SMILES string of the molecule is CC[CH]C(=O)NC(CC)CCCC. The van der Waals surface area contributed by atoms with Crippen LogP contribution in [0.5, 0.6) is 0 Å². The summed E-state index contributed by atoms with van der Waals surface area (Å²) in [5.41, 5.74) is 0. The van der Waals surface area contributed by atoms with Gasteiger partial charge < -0.3 is 5.32 Å². The standard InChI is InChI=1S/C11H22NO/c1-4-7-9-10(6-3)12-11(13)8-5-2/h8,10H,4-7,9H2,1-3H3,(H,12,13). The molecule has 77 valence electrons. The van der Waals surface area contributed by atoms with Gasteiger partial charge >= 0.3 is 0 Å². The first-order chi connectivity index (χ1) is 6.24. The molecule has 2 heteroatoms. The molecule has 0 aliphatic carbocycles. The van der Waals surface area contributed by atoms with Gasteiger partial charge in [0.2, 0.25) is 5.91 Å². The normalized spacial score (nSPS) is 12.5. The van der Waals surface area contributed by atoms with Gasteiger partial charge in [0.05, 0.1) is 0 Å². The average Bonchev–Trinajstić information content (AvgIpc) is 2.12. The van der Waals surface area contributed by atoms with Gasteiger partial charge in [0.25, 0.3) is 0 Å². The number of carbonyl (C=O) groups excluding carboxylic acids is 1. The Labute approximate surface area is 82.1 Å². The Morgan fingerprint density at radius 1 is 1.38 bits per heavy atom. The Hall–Kier alpha value is -0.530. The Morgan fingerprint density at radius 3 is 2.54 bits per heavy atom. The summed E-state index contributed by atoms with van der Waals surface area (Å²) in [5.74, 6) is 0.0884. The molecule has 0 heterocycles. The molecule has 13 heavy (non-hydrogen) atoms. The van der Waals surface area contributed by atoms with E-state index in [2.05, 4.69) is 19.2 Å². The molecule has 1 N–H and O–H groups in total. The Kier molecular flexibility index (Phi) is 7.76. The molecule has 0 spiro atoms. The summed E-state index contributed by atoms with van der Waals surface area (Å²) in [5, 5.41) is 3.01. The molecule has 0 fully saturated rings. The molecular formula is C11H22NO. The third-order valence-corrected chi connectivity index (χ3v) is 2.13. The van der Waals surface area contributed by atoms with Crippen molar-refractivity contribution >= 4 is 5.91 Å². The van der Waals surface area contributed by atoms with Crippen molar-refractivity contribution in [3.8, 4) is 0 Å². The Balaban J connectivity index is 3.62. The van der Waals surface area contributed by atoms with Crippen LogP contribution in [0.1, 0.15) is 52.9 Å². The second-order valence-corrected chi connectivity index (χ2v) is 3.37. The van der Waals surface area contributed by atoms with Gasteiger partial charge in [-0.15, -0.1) is 0 Å². The van der Waals surface area contributed by atoms with Crippen molar-refractivity contribution in [3.05, 3.63) is 6.42 Å². The molecule has 1 unspecified atom stereocenters. The monoisotopic (exact) mass is 184 g/mol. The quantitative estimate of drug-likeness (QED) is 0.647. The summed E-state index contributed by atoms with van der Waals surface area (Å²) < 4.78 is 0. The minimum Gasteiger partial charge on any atom is -0.353 e. The highest BCUT2D eigenvalue weighted by molar-refractivity contribution is 5.84. The predicted molar refractivity (Wildman–Crippen MR) is 56.3 cm³/mol. The van der Waals surface area contributed by atoms with Crippen LogP contribution in [0.25, 0.3) is 0 Å². The van der Waals surface area contributed by atoms with E-state index in [4.69, 9.17) is 0 Å². The number of nitrogens with one attached hydrogen (secondary N) is 1. The topological polar surface area (TPSA) is 29.1 Å². The summed E-state index contributed by atoms with van der Waals surface area (Å²) in [6, 6.07) is 0.371. The van der Waals surface area contributed by atoms with Crippen molar-refractivity contribution in [2.75, 3.05) is 0 Å². The van der Waals surface area contributed by atoms with Gasteiger partial charge in [-0.25, -0.2) is 0 Å². The lowest BCUT2D eigenvalue weighted by Crippen LogP contribution is -2.34. The molecule has 2 nitrogen and oxygen atoms in total. The Bertz CT molecular complexity index is 134. The number of amides is 1. The minimum absolute atomic E-state index is 0.0884.